The molecule has 10 nitrogen and oxygen atoms in total. The highest BCUT2D eigenvalue weighted by Gasteiger charge is 2.19. The molecule has 2 amide bonds. The summed E-state index contributed by atoms with van der Waals surface area (Å²) in [6.45, 7) is 2.20. The fourth-order valence-corrected chi connectivity index (χ4v) is 5.10. The number of fused-ring (bicyclic) bond motifs is 2. The number of urea groups is 1. The molecule has 0 radical (unpaired) electrons. The topological polar surface area (TPSA) is 125 Å². The molecule has 2 aromatic carbocycles. The maximum absolute atomic E-state index is 12.7. The Labute approximate surface area is 233 Å². The monoisotopic (exact) mass is 550 g/mol. The number of benzene rings is 2. The molecule has 0 saturated carbocycles. The van der Waals surface area contributed by atoms with Gasteiger partial charge in [0.15, 0.2) is 11.5 Å². The number of H-pyrrole nitrogens is 2. The number of carbonyl (C=O) groups excluding carboxylic acids is 1. The lowest BCUT2D eigenvalue weighted by Crippen LogP contribution is -2.43. The number of amides is 2. The van der Waals surface area contributed by atoms with Crippen molar-refractivity contribution < 1.29 is 9.53 Å². The maximum Gasteiger partial charge on any atom is 0.322 e. The second-order valence-corrected chi connectivity index (χ2v) is 9.92. The Morgan fingerprint density at radius 1 is 0.975 bits per heavy atom. The molecular formula is C29H23ClN8O2. The minimum Gasteiger partial charge on any atom is -0.378 e. The molecule has 3 N–H and O–H groups in total. The van der Waals surface area contributed by atoms with Crippen molar-refractivity contribution in [3.05, 3.63) is 78.2 Å². The van der Waals surface area contributed by atoms with Gasteiger partial charge in [-0.1, -0.05) is 35.9 Å². The Bertz CT molecular complexity index is 1880. The summed E-state index contributed by atoms with van der Waals surface area (Å²) < 4.78 is 5.33. The number of anilines is 1. The van der Waals surface area contributed by atoms with Crippen molar-refractivity contribution in [3.8, 4) is 33.8 Å². The van der Waals surface area contributed by atoms with Crippen LogP contribution in [-0.2, 0) is 4.74 Å². The van der Waals surface area contributed by atoms with Crippen molar-refractivity contribution in [2.75, 3.05) is 31.6 Å². The van der Waals surface area contributed by atoms with Crippen LogP contribution in [0.1, 0.15) is 0 Å². The summed E-state index contributed by atoms with van der Waals surface area (Å²) in [5.74, 6) is 0.624. The number of pyridine rings is 2. The highest BCUT2D eigenvalue weighted by Crippen LogP contribution is 2.33. The minimum absolute atomic E-state index is 0.171. The molecule has 1 saturated heterocycles. The number of rotatable bonds is 4. The smallest absolute Gasteiger partial charge is 0.322 e. The van der Waals surface area contributed by atoms with E-state index in [1.54, 1.807) is 23.5 Å². The number of aromatic amines is 2. The van der Waals surface area contributed by atoms with E-state index in [9.17, 15) is 4.79 Å². The number of nitrogens with one attached hydrogen (secondary N) is 3. The number of carbonyl (C=O) groups is 1. The van der Waals surface area contributed by atoms with E-state index in [-0.39, 0.29) is 6.03 Å². The zero-order valence-corrected chi connectivity index (χ0v) is 21.9. The molecule has 5 heterocycles. The molecule has 4 aromatic heterocycles. The van der Waals surface area contributed by atoms with Gasteiger partial charge in [0.1, 0.15) is 5.69 Å². The predicted molar refractivity (Wildman–Crippen MR) is 154 cm³/mol. The number of aromatic nitrogens is 6. The highest BCUT2D eigenvalue weighted by molar-refractivity contribution is 6.30. The first-order valence-electron chi connectivity index (χ1n) is 12.8. The van der Waals surface area contributed by atoms with Gasteiger partial charge in [-0.05, 0) is 35.9 Å². The van der Waals surface area contributed by atoms with Crippen molar-refractivity contribution in [1.82, 2.24) is 35.0 Å². The lowest BCUT2D eigenvalue weighted by molar-refractivity contribution is 0.0564. The third-order valence-corrected chi connectivity index (χ3v) is 7.15. The van der Waals surface area contributed by atoms with E-state index in [1.807, 2.05) is 54.6 Å². The van der Waals surface area contributed by atoms with Gasteiger partial charge < -0.3 is 19.9 Å². The van der Waals surface area contributed by atoms with Crippen molar-refractivity contribution in [3.63, 3.8) is 0 Å². The van der Waals surface area contributed by atoms with E-state index in [0.29, 0.717) is 54.2 Å². The van der Waals surface area contributed by atoms with Gasteiger partial charge in [0.25, 0.3) is 0 Å². The standard InChI is InChI=1S/C29H23ClN8O2/c30-20-4-1-3-17(11-20)22-5-2-6-24-25(22)35-28(34-24)26-23-13-19(15-32-27(23)37-36-26)18-12-21(16-31-14-18)33-29(39)38-7-9-40-10-8-38/h1-6,11-16H,7-10H2,(H,33,39)(H,34,35)(H,32,36,37). The molecule has 1 aliphatic heterocycles. The van der Waals surface area contributed by atoms with Crippen LogP contribution in [0.2, 0.25) is 5.02 Å². The van der Waals surface area contributed by atoms with Gasteiger partial charge in [0, 0.05) is 47.2 Å². The molecule has 0 unspecified atom stereocenters. The van der Waals surface area contributed by atoms with Gasteiger partial charge in [0.2, 0.25) is 0 Å². The van der Waals surface area contributed by atoms with Crippen LogP contribution in [0.4, 0.5) is 10.5 Å². The number of para-hydroxylation sites is 1. The zero-order valence-electron chi connectivity index (χ0n) is 21.2. The summed E-state index contributed by atoms with van der Waals surface area (Å²) >= 11 is 6.25. The Hall–Kier alpha value is -4.80. The summed E-state index contributed by atoms with van der Waals surface area (Å²) in [5.41, 5.74) is 7.22. The molecule has 1 aliphatic rings. The van der Waals surface area contributed by atoms with Gasteiger partial charge in [-0.2, -0.15) is 5.10 Å². The first-order valence-corrected chi connectivity index (χ1v) is 13.2. The largest absolute Gasteiger partial charge is 0.378 e. The van der Waals surface area contributed by atoms with Crippen molar-refractivity contribution in [2.45, 2.75) is 0 Å². The zero-order chi connectivity index (χ0) is 27.1. The van der Waals surface area contributed by atoms with Crippen LogP contribution < -0.4 is 5.32 Å². The number of halogens is 1. The normalized spacial score (nSPS) is 13.7. The third kappa shape index (κ3) is 4.53. The average molecular weight is 551 g/mol. The van der Waals surface area contributed by atoms with E-state index in [4.69, 9.17) is 21.3 Å². The van der Waals surface area contributed by atoms with Gasteiger partial charge in [0.05, 0.1) is 41.5 Å². The van der Waals surface area contributed by atoms with Crippen molar-refractivity contribution in [1.29, 1.82) is 0 Å². The van der Waals surface area contributed by atoms with E-state index >= 15 is 0 Å². The molecule has 0 atom stereocenters. The lowest BCUT2D eigenvalue weighted by atomic mass is 10.0. The van der Waals surface area contributed by atoms with Crippen LogP contribution in [-0.4, -0.2) is 67.4 Å². The first-order chi connectivity index (χ1) is 19.6. The Balaban J connectivity index is 1.23. The van der Waals surface area contributed by atoms with Gasteiger partial charge in [-0.3, -0.25) is 10.1 Å². The summed E-state index contributed by atoms with van der Waals surface area (Å²) in [6.07, 6.45) is 5.12. The van der Waals surface area contributed by atoms with Gasteiger partial charge in [-0.15, -0.1) is 0 Å². The fourth-order valence-electron chi connectivity index (χ4n) is 4.91. The predicted octanol–water partition coefficient (Wildman–Crippen LogP) is 5.75. The molecular weight excluding hydrogens is 528 g/mol. The Morgan fingerprint density at radius 3 is 2.70 bits per heavy atom. The molecule has 198 valence electrons. The van der Waals surface area contributed by atoms with Crippen molar-refractivity contribution >= 4 is 45.4 Å². The van der Waals surface area contributed by atoms with E-state index < -0.39 is 0 Å². The molecule has 7 rings (SSSR count). The number of hydrogen-bond donors (Lipinski definition) is 3. The average Bonchev–Trinajstić information content (AvgIpc) is 3.61. The number of ether oxygens (including phenoxy) is 1. The van der Waals surface area contributed by atoms with Crippen molar-refractivity contribution in [2.24, 2.45) is 0 Å². The number of imidazole rings is 1. The molecule has 0 aliphatic carbocycles. The number of nitrogens with zero attached hydrogens (tertiary/aromatic N) is 5. The first kappa shape index (κ1) is 24.3. The van der Waals surface area contributed by atoms with Gasteiger partial charge >= 0.3 is 6.03 Å². The number of hydrogen-bond acceptors (Lipinski definition) is 6. The highest BCUT2D eigenvalue weighted by atomic mass is 35.5. The molecule has 0 spiro atoms. The second-order valence-electron chi connectivity index (χ2n) is 9.48. The van der Waals surface area contributed by atoms with Crippen LogP contribution in [0.15, 0.2) is 73.2 Å². The SMILES string of the molecule is O=C(Nc1cncc(-c2cnc3[nH]nc(-c4nc5c(-c6cccc(Cl)c6)cccc5[nH]4)c3c2)c1)N1CCOCC1. The summed E-state index contributed by atoms with van der Waals surface area (Å²) in [5, 5.41) is 12.0. The minimum atomic E-state index is -0.171. The van der Waals surface area contributed by atoms with E-state index in [2.05, 4.69) is 30.5 Å². The molecule has 11 heteroatoms. The van der Waals surface area contributed by atoms with Crippen LogP contribution >= 0.6 is 11.6 Å². The second kappa shape index (κ2) is 10.1. The molecule has 40 heavy (non-hydrogen) atoms. The molecule has 0 bridgehead atoms. The molecule has 6 aromatic rings. The van der Waals surface area contributed by atoms with Crippen LogP contribution in [0.3, 0.4) is 0 Å². The van der Waals surface area contributed by atoms with E-state index in [0.717, 1.165) is 38.7 Å². The molecule has 1 fully saturated rings. The van der Waals surface area contributed by atoms with Crippen LogP contribution in [0, 0.1) is 0 Å². The van der Waals surface area contributed by atoms with Crippen LogP contribution in [0.5, 0.6) is 0 Å². The third-order valence-electron chi connectivity index (χ3n) is 6.91. The number of morpholine rings is 1. The lowest BCUT2D eigenvalue weighted by Gasteiger charge is -2.26. The fraction of sp³-hybridized carbons (Fsp3) is 0.138. The van der Waals surface area contributed by atoms with Crippen LogP contribution in [0.25, 0.3) is 55.8 Å². The Kier molecular flexibility index (Phi) is 6.10. The summed E-state index contributed by atoms with van der Waals surface area (Å²) in [7, 11) is 0. The van der Waals surface area contributed by atoms with Gasteiger partial charge in [-0.25, -0.2) is 14.8 Å². The summed E-state index contributed by atoms with van der Waals surface area (Å²) in [4.78, 5) is 31.6. The quantitative estimate of drug-likeness (QED) is 0.257. The summed E-state index contributed by atoms with van der Waals surface area (Å²) in [6, 6.07) is 17.4. The Morgan fingerprint density at radius 2 is 1.82 bits per heavy atom. The maximum atomic E-state index is 12.7. The van der Waals surface area contributed by atoms with E-state index in [1.165, 1.54) is 0 Å².